The Morgan fingerprint density at radius 1 is 1.52 bits per heavy atom. The topological polar surface area (TPSA) is 107 Å². The number of sulfonamides is 1. The molecule has 0 spiro atoms. The van der Waals surface area contributed by atoms with E-state index in [1.165, 1.54) is 19.1 Å². The maximum absolute atomic E-state index is 12.3. The predicted octanol–water partition coefficient (Wildman–Crippen LogP) is 1.74. The molecular weight excluding hydrogens is 316 g/mol. The molecule has 0 radical (unpaired) electrons. The molecule has 0 aromatic heterocycles. The van der Waals surface area contributed by atoms with E-state index in [-0.39, 0.29) is 21.4 Å². The summed E-state index contributed by atoms with van der Waals surface area (Å²) in [5.74, 6) is -1.44. The number of aliphatic carboxylic acids is 1. The Labute approximate surface area is 127 Å². The summed E-state index contributed by atoms with van der Waals surface area (Å²) < 4.78 is 26.9. The molecule has 8 heteroatoms. The fraction of sp³-hybridized carbons (Fsp3) is 0.385. The Morgan fingerprint density at radius 2 is 2.14 bits per heavy atom. The number of nitrogens with zero attached hydrogens (tertiary/aromatic N) is 1. The van der Waals surface area contributed by atoms with Crippen molar-refractivity contribution >= 4 is 27.6 Å². The fourth-order valence-corrected chi connectivity index (χ4v) is 3.79. The van der Waals surface area contributed by atoms with Crippen molar-refractivity contribution in [3.63, 3.8) is 0 Å². The molecule has 2 N–H and O–H groups in total. The third kappa shape index (κ3) is 3.02. The maximum atomic E-state index is 12.3. The Bertz CT molecular complexity index is 737. The first kappa shape index (κ1) is 15.8. The number of rotatable bonds is 5. The van der Waals surface area contributed by atoms with E-state index in [0.717, 1.165) is 6.07 Å². The summed E-state index contributed by atoms with van der Waals surface area (Å²) >= 11 is 5.81. The van der Waals surface area contributed by atoms with Crippen molar-refractivity contribution < 1.29 is 18.3 Å². The molecule has 1 aromatic rings. The minimum absolute atomic E-state index is 0.00354. The van der Waals surface area contributed by atoms with E-state index in [9.17, 15) is 18.3 Å². The lowest BCUT2D eigenvalue weighted by molar-refractivity contribution is -0.144. The van der Waals surface area contributed by atoms with Gasteiger partial charge in [0.1, 0.15) is 11.6 Å². The van der Waals surface area contributed by atoms with Crippen LogP contribution in [0.5, 0.6) is 0 Å². The third-order valence-electron chi connectivity index (χ3n) is 3.56. The molecule has 0 heterocycles. The summed E-state index contributed by atoms with van der Waals surface area (Å²) in [6.45, 7) is 1.36. The van der Waals surface area contributed by atoms with Crippen molar-refractivity contribution in [1.29, 1.82) is 5.26 Å². The second-order valence-corrected chi connectivity index (χ2v) is 7.23. The van der Waals surface area contributed by atoms with Gasteiger partial charge in [-0.3, -0.25) is 4.79 Å². The van der Waals surface area contributed by atoms with E-state index < -0.39 is 21.5 Å². The van der Waals surface area contributed by atoms with Crippen LogP contribution in [0.4, 0.5) is 0 Å². The van der Waals surface area contributed by atoms with Crippen LogP contribution in [0.3, 0.4) is 0 Å². The van der Waals surface area contributed by atoms with E-state index in [2.05, 4.69) is 4.72 Å². The van der Waals surface area contributed by atoms with Crippen LogP contribution in [0.2, 0.25) is 5.02 Å². The largest absolute Gasteiger partial charge is 0.480 e. The molecule has 1 fully saturated rings. The standard InChI is InChI=1S/C13H13ClN2O4S/c1-13(12(17)18,9-3-4-9)16-21(19,20)10-5-2-8(7-15)11(14)6-10/h2,5-6,9,16H,3-4H2,1H3,(H,17,18). The number of carboxylic acids is 1. The molecule has 21 heavy (non-hydrogen) atoms. The zero-order valence-electron chi connectivity index (χ0n) is 11.1. The van der Waals surface area contributed by atoms with Crippen molar-refractivity contribution in [3.8, 4) is 6.07 Å². The van der Waals surface area contributed by atoms with E-state index in [1.807, 2.05) is 6.07 Å². The van der Waals surface area contributed by atoms with Gasteiger partial charge in [-0.1, -0.05) is 11.6 Å². The average Bonchev–Trinajstić information content (AvgIpc) is 3.22. The minimum atomic E-state index is -4.04. The van der Waals surface area contributed by atoms with Crippen molar-refractivity contribution in [2.24, 2.45) is 5.92 Å². The highest BCUT2D eigenvalue weighted by Crippen LogP contribution is 2.40. The first-order valence-electron chi connectivity index (χ1n) is 6.18. The number of carboxylic acid groups (broad SMARTS) is 1. The van der Waals surface area contributed by atoms with Gasteiger partial charge in [-0.2, -0.15) is 9.98 Å². The highest BCUT2D eigenvalue weighted by atomic mass is 35.5. The Kier molecular flexibility index (Phi) is 3.97. The molecule has 0 bridgehead atoms. The van der Waals surface area contributed by atoms with Crippen LogP contribution < -0.4 is 4.72 Å². The number of halogens is 1. The summed E-state index contributed by atoms with van der Waals surface area (Å²) in [6, 6.07) is 5.47. The fourth-order valence-electron chi connectivity index (χ4n) is 2.05. The van der Waals surface area contributed by atoms with Gasteiger partial charge >= 0.3 is 5.97 Å². The van der Waals surface area contributed by atoms with E-state index in [4.69, 9.17) is 16.9 Å². The highest BCUT2D eigenvalue weighted by molar-refractivity contribution is 7.89. The van der Waals surface area contributed by atoms with Gasteiger partial charge in [0.25, 0.3) is 0 Å². The summed E-state index contributed by atoms with van der Waals surface area (Å²) in [5.41, 5.74) is -1.39. The maximum Gasteiger partial charge on any atom is 0.324 e. The summed E-state index contributed by atoms with van der Waals surface area (Å²) in [4.78, 5) is 11.2. The molecule has 1 aliphatic carbocycles. The second kappa shape index (κ2) is 5.30. The summed E-state index contributed by atoms with van der Waals surface area (Å²) in [7, 11) is -4.04. The number of nitrogens with one attached hydrogen (secondary N) is 1. The van der Waals surface area contributed by atoms with Crippen molar-refractivity contribution in [1.82, 2.24) is 4.72 Å². The van der Waals surface area contributed by atoms with Crippen LogP contribution >= 0.6 is 11.6 Å². The van der Waals surface area contributed by atoms with Gasteiger partial charge in [0, 0.05) is 0 Å². The van der Waals surface area contributed by atoms with Gasteiger partial charge in [-0.05, 0) is 43.9 Å². The van der Waals surface area contributed by atoms with E-state index in [1.54, 1.807) is 0 Å². The Balaban J connectivity index is 2.36. The average molecular weight is 329 g/mol. The lowest BCUT2D eigenvalue weighted by Gasteiger charge is -2.25. The van der Waals surface area contributed by atoms with Crippen molar-refractivity contribution in [2.75, 3.05) is 0 Å². The number of hydrogen-bond donors (Lipinski definition) is 2. The molecule has 1 aromatic carbocycles. The highest BCUT2D eigenvalue weighted by Gasteiger charge is 2.50. The van der Waals surface area contributed by atoms with Crippen molar-refractivity contribution in [2.45, 2.75) is 30.2 Å². The zero-order chi connectivity index (χ0) is 15.8. The molecule has 6 nitrogen and oxygen atoms in total. The Morgan fingerprint density at radius 3 is 2.57 bits per heavy atom. The molecule has 0 aliphatic heterocycles. The van der Waals surface area contributed by atoms with Gasteiger partial charge in [-0.25, -0.2) is 8.42 Å². The van der Waals surface area contributed by atoms with Crippen LogP contribution in [0.15, 0.2) is 23.1 Å². The number of hydrogen-bond acceptors (Lipinski definition) is 4. The van der Waals surface area contributed by atoms with Crippen molar-refractivity contribution in [3.05, 3.63) is 28.8 Å². The van der Waals surface area contributed by atoms with Gasteiger partial charge in [0.05, 0.1) is 15.5 Å². The number of nitriles is 1. The molecule has 1 aliphatic rings. The summed E-state index contributed by atoms with van der Waals surface area (Å²) in [5, 5.41) is 18.1. The molecule has 2 rings (SSSR count). The van der Waals surface area contributed by atoms with Crippen LogP contribution in [-0.2, 0) is 14.8 Å². The van der Waals surface area contributed by atoms with Crippen LogP contribution in [0.1, 0.15) is 25.3 Å². The van der Waals surface area contributed by atoms with Gasteiger partial charge in [0.2, 0.25) is 10.0 Å². The molecular formula is C13H13ClN2O4S. The van der Waals surface area contributed by atoms with E-state index in [0.29, 0.717) is 12.8 Å². The second-order valence-electron chi connectivity index (χ2n) is 5.14. The van der Waals surface area contributed by atoms with Crippen LogP contribution in [-0.4, -0.2) is 25.0 Å². The van der Waals surface area contributed by atoms with Gasteiger partial charge in [-0.15, -0.1) is 0 Å². The first-order chi connectivity index (χ1) is 9.70. The number of carbonyl (C=O) groups is 1. The smallest absolute Gasteiger partial charge is 0.324 e. The minimum Gasteiger partial charge on any atom is -0.480 e. The SMILES string of the molecule is CC(NS(=O)(=O)c1ccc(C#N)c(Cl)c1)(C(=O)O)C1CC1. The van der Waals surface area contributed by atoms with Gasteiger partial charge < -0.3 is 5.11 Å². The van der Waals surface area contributed by atoms with Crippen LogP contribution in [0.25, 0.3) is 0 Å². The normalized spacial score (nSPS) is 17.8. The number of benzene rings is 1. The molecule has 1 saturated carbocycles. The quantitative estimate of drug-likeness (QED) is 0.856. The van der Waals surface area contributed by atoms with Crippen LogP contribution in [0, 0.1) is 17.2 Å². The van der Waals surface area contributed by atoms with Gasteiger partial charge in [0.15, 0.2) is 0 Å². The molecule has 0 saturated heterocycles. The lowest BCUT2D eigenvalue weighted by atomic mass is 9.98. The molecule has 1 atom stereocenters. The molecule has 112 valence electrons. The Hall–Kier alpha value is -1.62. The lowest BCUT2D eigenvalue weighted by Crippen LogP contribution is -2.53. The third-order valence-corrected chi connectivity index (χ3v) is 5.44. The first-order valence-corrected chi connectivity index (χ1v) is 8.04. The predicted molar refractivity (Wildman–Crippen MR) is 75.3 cm³/mol. The van der Waals surface area contributed by atoms with E-state index >= 15 is 0 Å². The summed E-state index contributed by atoms with van der Waals surface area (Å²) in [6.07, 6.45) is 1.33. The molecule has 1 unspecified atom stereocenters. The monoisotopic (exact) mass is 328 g/mol. The molecule has 0 amide bonds. The zero-order valence-corrected chi connectivity index (χ0v) is 12.7.